The molecule has 0 saturated carbocycles. The van der Waals surface area contributed by atoms with Crippen LogP contribution in [0.5, 0.6) is 0 Å². The first kappa shape index (κ1) is 13.2. The minimum Gasteiger partial charge on any atom is -0.383 e. The first-order chi connectivity index (χ1) is 9.54. The van der Waals surface area contributed by atoms with Gasteiger partial charge in [0.05, 0.1) is 0 Å². The summed E-state index contributed by atoms with van der Waals surface area (Å²) in [6.07, 6.45) is -1.03. The maximum absolute atomic E-state index is 13.8. The molecule has 1 unspecified atom stereocenters. The lowest BCUT2D eigenvalue weighted by Gasteiger charge is -2.10. The van der Waals surface area contributed by atoms with Gasteiger partial charge >= 0.3 is 0 Å². The van der Waals surface area contributed by atoms with Gasteiger partial charge in [-0.3, -0.25) is 0 Å². The quantitative estimate of drug-likeness (QED) is 0.733. The largest absolute Gasteiger partial charge is 0.383 e. The van der Waals surface area contributed by atoms with Crippen molar-refractivity contribution >= 4 is 21.4 Å². The summed E-state index contributed by atoms with van der Waals surface area (Å²) in [7, 11) is 0. The molecule has 3 rings (SSSR count). The monoisotopic (exact) mass is 290 g/mol. The third-order valence-corrected chi connectivity index (χ3v) is 4.38. The van der Waals surface area contributed by atoms with Gasteiger partial charge in [-0.2, -0.15) is 0 Å². The number of aliphatic hydroxyl groups excluding tert-OH is 1. The van der Waals surface area contributed by atoms with Crippen LogP contribution in [0.1, 0.15) is 22.1 Å². The SMILES string of the molecule is Cc1ccc(F)c(C(O)c2cc3cc(F)ccc3s2)c1. The number of aliphatic hydroxyl groups is 1. The van der Waals surface area contributed by atoms with E-state index in [9.17, 15) is 13.9 Å². The highest BCUT2D eigenvalue weighted by atomic mass is 32.1. The molecule has 1 N–H and O–H groups in total. The van der Waals surface area contributed by atoms with Crippen molar-refractivity contribution in [3.8, 4) is 0 Å². The van der Waals surface area contributed by atoms with Gasteiger partial charge in [0.1, 0.15) is 17.7 Å². The molecule has 1 aromatic heterocycles. The molecular weight excluding hydrogens is 278 g/mol. The van der Waals surface area contributed by atoms with Crippen LogP contribution in [0, 0.1) is 18.6 Å². The Bertz CT molecular complexity index is 779. The lowest BCUT2D eigenvalue weighted by Crippen LogP contribution is -2.00. The minimum absolute atomic E-state index is 0.247. The first-order valence-electron chi connectivity index (χ1n) is 6.18. The van der Waals surface area contributed by atoms with Crippen molar-refractivity contribution in [3.05, 3.63) is 70.1 Å². The molecule has 0 aliphatic rings. The van der Waals surface area contributed by atoms with Crippen LogP contribution >= 0.6 is 11.3 Å². The number of rotatable bonds is 2. The lowest BCUT2D eigenvalue weighted by molar-refractivity contribution is 0.219. The Balaban J connectivity index is 2.07. The van der Waals surface area contributed by atoms with Crippen LogP contribution in [0.15, 0.2) is 42.5 Å². The minimum atomic E-state index is -1.03. The highest BCUT2D eigenvalue weighted by Crippen LogP contribution is 2.34. The van der Waals surface area contributed by atoms with Gasteiger partial charge in [0.15, 0.2) is 0 Å². The second kappa shape index (κ2) is 4.96. The van der Waals surface area contributed by atoms with Crippen LogP contribution in [-0.2, 0) is 0 Å². The van der Waals surface area contributed by atoms with Crippen molar-refractivity contribution in [1.82, 2.24) is 0 Å². The summed E-state index contributed by atoms with van der Waals surface area (Å²) in [6, 6.07) is 10.8. The van der Waals surface area contributed by atoms with E-state index in [1.807, 2.05) is 6.92 Å². The zero-order chi connectivity index (χ0) is 14.3. The van der Waals surface area contributed by atoms with E-state index >= 15 is 0 Å². The predicted octanol–water partition coefficient (Wildman–Crippen LogP) is 4.57. The predicted molar refractivity (Wildman–Crippen MR) is 77.0 cm³/mol. The molecule has 2 aromatic carbocycles. The fourth-order valence-electron chi connectivity index (χ4n) is 2.20. The lowest BCUT2D eigenvalue weighted by atomic mass is 10.0. The van der Waals surface area contributed by atoms with E-state index in [-0.39, 0.29) is 11.4 Å². The molecule has 0 spiro atoms. The molecule has 0 aliphatic heterocycles. The molecule has 0 saturated heterocycles. The number of benzene rings is 2. The van der Waals surface area contributed by atoms with Gasteiger partial charge in [0.2, 0.25) is 0 Å². The molecule has 4 heteroatoms. The average molecular weight is 290 g/mol. The molecule has 1 heterocycles. The number of thiophene rings is 1. The van der Waals surface area contributed by atoms with E-state index in [1.54, 1.807) is 24.3 Å². The molecule has 0 aliphatic carbocycles. The summed E-state index contributed by atoms with van der Waals surface area (Å²) in [5, 5.41) is 11.1. The summed E-state index contributed by atoms with van der Waals surface area (Å²) in [5.74, 6) is -0.759. The third-order valence-electron chi connectivity index (χ3n) is 3.21. The summed E-state index contributed by atoms with van der Waals surface area (Å²) < 4.78 is 27.8. The molecule has 102 valence electrons. The van der Waals surface area contributed by atoms with Gasteiger partial charge in [-0.05, 0) is 42.6 Å². The standard InChI is InChI=1S/C16H12F2OS/c1-9-2-4-13(18)12(6-9)16(19)15-8-10-7-11(17)3-5-14(10)20-15/h2-8,16,19H,1H3. The highest BCUT2D eigenvalue weighted by molar-refractivity contribution is 7.19. The number of hydrogen-bond donors (Lipinski definition) is 1. The van der Waals surface area contributed by atoms with Gasteiger partial charge in [-0.1, -0.05) is 17.7 Å². The Labute approximate surface area is 119 Å². The number of aryl methyl sites for hydroxylation is 1. The van der Waals surface area contributed by atoms with Crippen molar-refractivity contribution in [2.45, 2.75) is 13.0 Å². The molecule has 0 radical (unpaired) electrons. The van der Waals surface area contributed by atoms with E-state index in [0.717, 1.165) is 15.6 Å². The van der Waals surface area contributed by atoms with E-state index in [0.29, 0.717) is 4.88 Å². The smallest absolute Gasteiger partial charge is 0.129 e. The van der Waals surface area contributed by atoms with Gasteiger partial charge in [-0.15, -0.1) is 11.3 Å². The molecule has 0 amide bonds. The molecule has 3 aromatic rings. The molecule has 1 nitrogen and oxygen atoms in total. The van der Waals surface area contributed by atoms with Crippen LogP contribution < -0.4 is 0 Å². The van der Waals surface area contributed by atoms with Crippen molar-refractivity contribution in [3.63, 3.8) is 0 Å². The Kier molecular flexibility index (Phi) is 3.28. The van der Waals surface area contributed by atoms with Crippen LogP contribution in [0.3, 0.4) is 0 Å². The van der Waals surface area contributed by atoms with Crippen LogP contribution in [-0.4, -0.2) is 5.11 Å². The number of fused-ring (bicyclic) bond motifs is 1. The molecule has 0 bridgehead atoms. The normalized spacial score (nSPS) is 12.8. The fraction of sp³-hybridized carbons (Fsp3) is 0.125. The number of halogens is 2. The van der Waals surface area contributed by atoms with E-state index < -0.39 is 11.9 Å². The van der Waals surface area contributed by atoms with Gasteiger partial charge in [0, 0.05) is 15.1 Å². The summed E-state index contributed by atoms with van der Waals surface area (Å²) in [4.78, 5) is 0.607. The molecular formula is C16H12F2OS. The third kappa shape index (κ3) is 2.32. The Morgan fingerprint density at radius 3 is 2.65 bits per heavy atom. The van der Waals surface area contributed by atoms with E-state index in [2.05, 4.69) is 0 Å². The second-order valence-corrected chi connectivity index (χ2v) is 5.87. The Hall–Kier alpha value is -1.78. The first-order valence-corrected chi connectivity index (χ1v) is 6.99. The van der Waals surface area contributed by atoms with Gasteiger partial charge < -0.3 is 5.11 Å². The van der Waals surface area contributed by atoms with Crippen molar-refractivity contribution in [1.29, 1.82) is 0 Å². The maximum Gasteiger partial charge on any atom is 0.129 e. The zero-order valence-electron chi connectivity index (χ0n) is 10.7. The van der Waals surface area contributed by atoms with Crippen molar-refractivity contribution in [2.24, 2.45) is 0 Å². The topological polar surface area (TPSA) is 20.2 Å². The molecule has 0 fully saturated rings. The summed E-state index contributed by atoms with van der Waals surface area (Å²) in [6.45, 7) is 1.84. The fourth-order valence-corrected chi connectivity index (χ4v) is 3.25. The summed E-state index contributed by atoms with van der Waals surface area (Å²) >= 11 is 1.34. The summed E-state index contributed by atoms with van der Waals surface area (Å²) in [5.41, 5.74) is 1.13. The second-order valence-electron chi connectivity index (χ2n) is 4.76. The highest BCUT2D eigenvalue weighted by Gasteiger charge is 2.17. The molecule has 20 heavy (non-hydrogen) atoms. The van der Waals surface area contributed by atoms with Crippen molar-refractivity contribution < 1.29 is 13.9 Å². The maximum atomic E-state index is 13.8. The van der Waals surface area contributed by atoms with Crippen LogP contribution in [0.4, 0.5) is 8.78 Å². The Morgan fingerprint density at radius 1 is 1.05 bits per heavy atom. The zero-order valence-corrected chi connectivity index (χ0v) is 11.5. The Morgan fingerprint density at radius 2 is 1.85 bits per heavy atom. The number of hydrogen-bond acceptors (Lipinski definition) is 2. The van der Waals surface area contributed by atoms with Gasteiger partial charge in [0.25, 0.3) is 0 Å². The van der Waals surface area contributed by atoms with Crippen molar-refractivity contribution in [2.75, 3.05) is 0 Å². The molecule has 1 atom stereocenters. The average Bonchev–Trinajstić information content (AvgIpc) is 2.83. The van der Waals surface area contributed by atoms with Gasteiger partial charge in [-0.25, -0.2) is 8.78 Å². The van der Waals surface area contributed by atoms with Crippen LogP contribution in [0.2, 0.25) is 0 Å². The van der Waals surface area contributed by atoms with Crippen LogP contribution in [0.25, 0.3) is 10.1 Å². The van der Waals surface area contributed by atoms with E-state index in [4.69, 9.17) is 0 Å². The van der Waals surface area contributed by atoms with E-state index in [1.165, 1.54) is 29.5 Å².